The Kier molecular flexibility index (Phi) is 5.16. The summed E-state index contributed by atoms with van der Waals surface area (Å²) in [6.07, 6.45) is 3.58. The van der Waals surface area contributed by atoms with Crippen molar-refractivity contribution in [2.45, 2.75) is 0 Å². The molecule has 0 bridgehead atoms. The lowest BCUT2D eigenvalue weighted by atomic mass is 10.2. The fourth-order valence-corrected chi connectivity index (χ4v) is 3.62. The van der Waals surface area contributed by atoms with E-state index in [2.05, 4.69) is 18.0 Å². The maximum absolute atomic E-state index is 12.2. The molecular formula is C18H19ClN2OS. The number of thiophene rings is 1. The van der Waals surface area contributed by atoms with E-state index in [1.165, 1.54) is 0 Å². The van der Waals surface area contributed by atoms with Gasteiger partial charge in [0.05, 0.1) is 0 Å². The minimum absolute atomic E-state index is 0.0933. The number of likely N-dealkylation sites (N-methyl/N-ethyl adjacent to an activating group) is 1. The van der Waals surface area contributed by atoms with Gasteiger partial charge in [-0.25, -0.2) is 0 Å². The molecule has 0 radical (unpaired) electrons. The standard InChI is InChI=1S/C18H19ClN2OS/c1-20-9-11-21(12-10-20)18(22)8-6-16-5-7-17(23-16)14-3-2-4-15(19)13-14/h2-8,13H,9-12H2,1H3/b8-6+. The van der Waals surface area contributed by atoms with Crippen LogP contribution in [-0.4, -0.2) is 48.9 Å². The Labute approximate surface area is 145 Å². The fraction of sp³-hybridized carbons (Fsp3) is 0.278. The molecule has 0 N–H and O–H groups in total. The Morgan fingerprint density at radius 2 is 1.96 bits per heavy atom. The molecule has 1 saturated heterocycles. The molecule has 0 unspecified atom stereocenters. The van der Waals surface area contributed by atoms with E-state index in [1.54, 1.807) is 17.4 Å². The van der Waals surface area contributed by atoms with Crippen molar-refractivity contribution in [2.75, 3.05) is 33.2 Å². The molecule has 1 aliphatic heterocycles. The highest BCUT2D eigenvalue weighted by Gasteiger charge is 2.16. The second kappa shape index (κ2) is 7.30. The summed E-state index contributed by atoms with van der Waals surface area (Å²) in [4.78, 5) is 18.6. The molecule has 2 heterocycles. The van der Waals surface area contributed by atoms with E-state index in [9.17, 15) is 4.79 Å². The van der Waals surface area contributed by atoms with E-state index in [-0.39, 0.29) is 5.91 Å². The quantitative estimate of drug-likeness (QED) is 0.788. The van der Waals surface area contributed by atoms with Crippen LogP contribution in [0.5, 0.6) is 0 Å². The number of carbonyl (C=O) groups excluding carboxylic acids is 1. The summed E-state index contributed by atoms with van der Waals surface area (Å²) >= 11 is 7.70. The van der Waals surface area contributed by atoms with E-state index in [1.807, 2.05) is 41.3 Å². The van der Waals surface area contributed by atoms with E-state index in [0.717, 1.165) is 46.5 Å². The molecule has 120 valence electrons. The molecule has 3 nitrogen and oxygen atoms in total. The highest BCUT2D eigenvalue weighted by Crippen LogP contribution is 2.30. The molecule has 0 spiro atoms. The number of amides is 1. The van der Waals surface area contributed by atoms with E-state index in [4.69, 9.17) is 11.6 Å². The lowest BCUT2D eigenvalue weighted by molar-refractivity contribution is -0.127. The third-order valence-corrected chi connectivity index (χ3v) is 5.28. The molecule has 23 heavy (non-hydrogen) atoms. The van der Waals surface area contributed by atoms with Crippen LogP contribution in [0.3, 0.4) is 0 Å². The summed E-state index contributed by atoms with van der Waals surface area (Å²) in [5.74, 6) is 0.0933. The summed E-state index contributed by atoms with van der Waals surface area (Å²) in [6.45, 7) is 3.49. The second-order valence-corrected chi connectivity index (χ2v) is 7.23. The van der Waals surface area contributed by atoms with Gasteiger partial charge >= 0.3 is 0 Å². The second-order valence-electron chi connectivity index (χ2n) is 5.67. The van der Waals surface area contributed by atoms with E-state index >= 15 is 0 Å². The average molecular weight is 347 g/mol. The lowest BCUT2D eigenvalue weighted by Crippen LogP contribution is -2.46. The van der Waals surface area contributed by atoms with Gasteiger partial charge in [-0.2, -0.15) is 0 Å². The molecule has 1 aromatic heterocycles. The molecule has 0 aliphatic carbocycles. The predicted octanol–water partition coefficient (Wildman–Crippen LogP) is 3.86. The molecule has 2 aromatic rings. The Hall–Kier alpha value is -1.62. The maximum Gasteiger partial charge on any atom is 0.246 e. The van der Waals surface area contributed by atoms with Crippen molar-refractivity contribution in [3.05, 3.63) is 52.4 Å². The lowest BCUT2D eigenvalue weighted by Gasteiger charge is -2.31. The van der Waals surface area contributed by atoms with Crippen LogP contribution in [0.2, 0.25) is 5.02 Å². The summed E-state index contributed by atoms with van der Waals surface area (Å²) in [6, 6.07) is 11.9. The van der Waals surface area contributed by atoms with Crippen LogP contribution >= 0.6 is 22.9 Å². The SMILES string of the molecule is CN1CCN(C(=O)/C=C/c2ccc(-c3cccc(Cl)c3)s2)CC1. The van der Waals surface area contributed by atoms with Crippen molar-refractivity contribution < 1.29 is 4.79 Å². The van der Waals surface area contributed by atoms with Gasteiger partial charge in [0.25, 0.3) is 0 Å². The van der Waals surface area contributed by atoms with Crippen LogP contribution in [0.25, 0.3) is 16.5 Å². The zero-order valence-corrected chi connectivity index (χ0v) is 14.6. The first-order chi connectivity index (χ1) is 11.1. The van der Waals surface area contributed by atoms with Crippen LogP contribution in [0.4, 0.5) is 0 Å². The molecule has 0 atom stereocenters. The number of carbonyl (C=O) groups is 1. The molecular weight excluding hydrogens is 328 g/mol. The first kappa shape index (κ1) is 16.2. The van der Waals surface area contributed by atoms with Crippen LogP contribution < -0.4 is 0 Å². The molecule has 1 aromatic carbocycles. The number of piperazine rings is 1. The summed E-state index contributed by atoms with van der Waals surface area (Å²) in [5.41, 5.74) is 1.10. The van der Waals surface area contributed by atoms with Crippen molar-refractivity contribution in [2.24, 2.45) is 0 Å². The van der Waals surface area contributed by atoms with Crippen molar-refractivity contribution in [1.82, 2.24) is 9.80 Å². The highest BCUT2D eigenvalue weighted by atomic mass is 35.5. The minimum Gasteiger partial charge on any atom is -0.337 e. The first-order valence-electron chi connectivity index (χ1n) is 7.63. The molecule has 1 aliphatic rings. The van der Waals surface area contributed by atoms with Gasteiger partial charge in [0.1, 0.15) is 0 Å². The van der Waals surface area contributed by atoms with Crippen LogP contribution in [0.1, 0.15) is 4.88 Å². The van der Waals surface area contributed by atoms with Crippen LogP contribution in [0.15, 0.2) is 42.5 Å². The highest BCUT2D eigenvalue weighted by molar-refractivity contribution is 7.16. The van der Waals surface area contributed by atoms with E-state index in [0.29, 0.717) is 0 Å². The zero-order valence-electron chi connectivity index (χ0n) is 13.0. The van der Waals surface area contributed by atoms with Gasteiger partial charge in [-0.3, -0.25) is 4.79 Å². The van der Waals surface area contributed by atoms with Crippen molar-refractivity contribution in [3.63, 3.8) is 0 Å². The number of hydrogen-bond donors (Lipinski definition) is 0. The molecule has 5 heteroatoms. The van der Waals surface area contributed by atoms with Gasteiger partial charge in [-0.15, -0.1) is 11.3 Å². The largest absolute Gasteiger partial charge is 0.337 e. The third kappa shape index (κ3) is 4.22. The first-order valence-corrected chi connectivity index (χ1v) is 8.82. The van der Waals surface area contributed by atoms with Gasteiger partial charge in [0.15, 0.2) is 0 Å². The Morgan fingerprint density at radius 1 is 1.17 bits per heavy atom. The number of nitrogens with zero attached hydrogens (tertiary/aromatic N) is 2. The molecule has 1 amide bonds. The predicted molar refractivity (Wildman–Crippen MR) is 97.9 cm³/mol. The average Bonchev–Trinajstić information content (AvgIpc) is 3.02. The fourth-order valence-electron chi connectivity index (χ4n) is 2.52. The van der Waals surface area contributed by atoms with Crippen LogP contribution in [-0.2, 0) is 4.79 Å². The Balaban J connectivity index is 1.65. The number of rotatable bonds is 3. The number of benzene rings is 1. The molecule has 0 saturated carbocycles. The minimum atomic E-state index is 0.0933. The van der Waals surface area contributed by atoms with Crippen molar-refractivity contribution in [1.29, 1.82) is 0 Å². The number of halogens is 1. The monoisotopic (exact) mass is 346 g/mol. The smallest absolute Gasteiger partial charge is 0.246 e. The van der Waals surface area contributed by atoms with Gasteiger partial charge in [0.2, 0.25) is 5.91 Å². The topological polar surface area (TPSA) is 23.6 Å². The normalized spacial score (nSPS) is 16.2. The zero-order chi connectivity index (χ0) is 16.2. The van der Waals surface area contributed by atoms with Gasteiger partial charge in [-0.1, -0.05) is 23.7 Å². The summed E-state index contributed by atoms with van der Waals surface area (Å²) in [5, 5.41) is 0.734. The maximum atomic E-state index is 12.2. The van der Waals surface area contributed by atoms with E-state index < -0.39 is 0 Å². The summed E-state index contributed by atoms with van der Waals surface area (Å²) < 4.78 is 0. The van der Waals surface area contributed by atoms with Gasteiger partial charge < -0.3 is 9.80 Å². The van der Waals surface area contributed by atoms with Gasteiger partial charge in [0, 0.05) is 47.0 Å². The van der Waals surface area contributed by atoms with Gasteiger partial charge in [-0.05, 0) is 43.0 Å². The van der Waals surface area contributed by atoms with Crippen molar-refractivity contribution >= 4 is 34.9 Å². The Bertz CT molecular complexity index is 717. The molecule has 3 rings (SSSR count). The summed E-state index contributed by atoms with van der Waals surface area (Å²) in [7, 11) is 2.08. The van der Waals surface area contributed by atoms with Crippen LogP contribution in [0, 0.1) is 0 Å². The van der Waals surface area contributed by atoms with Crippen molar-refractivity contribution in [3.8, 4) is 10.4 Å². The number of hydrogen-bond acceptors (Lipinski definition) is 3. The Morgan fingerprint density at radius 3 is 2.70 bits per heavy atom. The molecule has 1 fully saturated rings. The third-order valence-electron chi connectivity index (χ3n) is 3.94.